The minimum absolute atomic E-state index is 0. The molecule has 0 radical (unpaired) electrons. The molecule has 4 heteroatoms. The molecule has 2 rings (SSSR count). The summed E-state index contributed by atoms with van der Waals surface area (Å²) in [5.74, 6) is 1.10. The Morgan fingerprint density at radius 2 is 2.06 bits per heavy atom. The van der Waals surface area contributed by atoms with Gasteiger partial charge in [-0.25, -0.2) is 0 Å². The molecule has 3 atom stereocenters. The molecule has 0 spiro atoms. The van der Waals surface area contributed by atoms with Crippen LogP contribution < -0.4 is 10.6 Å². The standard InChI is InChI=1S/C14H26N2O.ClH/c1-11-4-3-5-12(7-6-11)16-13(17)14(2)8-9-15-10-14;/h11-12,15H,3-10H2,1-2H3,(H,16,17);1H. The molecule has 3 unspecified atom stereocenters. The Hall–Kier alpha value is -0.280. The van der Waals surface area contributed by atoms with Crippen LogP contribution in [0.25, 0.3) is 0 Å². The van der Waals surface area contributed by atoms with Gasteiger partial charge in [-0.3, -0.25) is 4.79 Å². The number of carbonyl (C=O) groups excluding carboxylic acids is 1. The first-order valence-corrected chi connectivity index (χ1v) is 7.12. The van der Waals surface area contributed by atoms with E-state index in [0.717, 1.165) is 31.8 Å². The van der Waals surface area contributed by atoms with Crippen molar-refractivity contribution in [2.45, 2.75) is 58.4 Å². The van der Waals surface area contributed by atoms with E-state index in [4.69, 9.17) is 0 Å². The molecule has 2 fully saturated rings. The van der Waals surface area contributed by atoms with E-state index in [-0.39, 0.29) is 23.7 Å². The van der Waals surface area contributed by atoms with Gasteiger partial charge < -0.3 is 10.6 Å². The normalized spacial score (nSPS) is 36.6. The highest BCUT2D eigenvalue weighted by molar-refractivity contribution is 5.85. The Labute approximate surface area is 117 Å². The molecule has 1 saturated heterocycles. The van der Waals surface area contributed by atoms with Gasteiger partial charge in [0.05, 0.1) is 5.41 Å². The summed E-state index contributed by atoms with van der Waals surface area (Å²) < 4.78 is 0. The van der Waals surface area contributed by atoms with E-state index in [1.807, 2.05) is 0 Å². The summed E-state index contributed by atoms with van der Waals surface area (Å²) in [5, 5.41) is 6.57. The third kappa shape index (κ3) is 3.86. The van der Waals surface area contributed by atoms with Gasteiger partial charge in [-0.15, -0.1) is 12.4 Å². The summed E-state index contributed by atoms with van der Waals surface area (Å²) in [6, 6.07) is 0.421. The van der Waals surface area contributed by atoms with Crippen molar-refractivity contribution >= 4 is 18.3 Å². The van der Waals surface area contributed by atoms with Gasteiger partial charge in [0.2, 0.25) is 5.91 Å². The summed E-state index contributed by atoms with van der Waals surface area (Å²) in [6.07, 6.45) is 7.16. The van der Waals surface area contributed by atoms with Crippen molar-refractivity contribution in [1.82, 2.24) is 10.6 Å². The number of hydrogen-bond acceptors (Lipinski definition) is 2. The third-order valence-electron chi connectivity index (χ3n) is 4.51. The lowest BCUT2D eigenvalue weighted by Gasteiger charge is -2.25. The Morgan fingerprint density at radius 1 is 1.28 bits per heavy atom. The smallest absolute Gasteiger partial charge is 0.227 e. The molecule has 1 heterocycles. The Morgan fingerprint density at radius 3 is 2.72 bits per heavy atom. The van der Waals surface area contributed by atoms with Crippen LogP contribution in [0.2, 0.25) is 0 Å². The first kappa shape index (κ1) is 15.8. The largest absolute Gasteiger partial charge is 0.353 e. The number of nitrogens with one attached hydrogen (secondary N) is 2. The van der Waals surface area contributed by atoms with Crippen molar-refractivity contribution in [2.75, 3.05) is 13.1 Å². The van der Waals surface area contributed by atoms with Gasteiger partial charge in [-0.2, -0.15) is 0 Å². The van der Waals surface area contributed by atoms with Gasteiger partial charge in [-0.1, -0.05) is 19.8 Å². The number of amides is 1. The number of carbonyl (C=O) groups is 1. The molecule has 2 aliphatic rings. The number of halogens is 1. The lowest BCUT2D eigenvalue weighted by Crippen LogP contribution is -2.45. The summed E-state index contributed by atoms with van der Waals surface area (Å²) in [4.78, 5) is 12.3. The summed E-state index contributed by atoms with van der Waals surface area (Å²) in [6.45, 7) is 6.22. The Kier molecular flexibility index (Phi) is 5.93. The lowest BCUT2D eigenvalue weighted by molar-refractivity contribution is -0.130. The quantitative estimate of drug-likeness (QED) is 0.760. The fourth-order valence-corrected chi connectivity index (χ4v) is 3.00. The van der Waals surface area contributed by atoms with E-state index in [1.54, 1.807) is 0 Å². The first-order chi connectivity index (χ1) is 8.10. The zero-order valence-electron chi connectivity index (χ0n) is 11.6. The molecule has 1 aliphatic heterocycles. The molecular formula is C14H27ClN2O. The van der Waals surface area contributed by atoms with E-state index in [9.17, 15) is 4.79 Å². The van der Waals surface area contributed by atoms with Crippen LogP contribution in [0.15, 0.2) is 0 Å². The second-order valence-electron chi connectivity index (χ2n) is 6.27. The Bertz CT molecular complexity index is 277. The molecule has 0 aromatic carbocycles. The fraction of sp³-hybridized carbons (Fsp3) is 0.929. The average molecular weight is 275 g/mol. The second-order valence-corrected chi connectivity index (χ2v) is 6.27. The lowest BCUT2D eigenvalue weighted by atomic mass is 9.88. The first-order valence-electron chi connectivity index (χ1n) is 7.12. The zero-order chi connectivity index (χ0) is 12.3. The molecular weight excluding hydrogens is 248 g/mol. The highest BCUT2D eigenvalue weighted by Crippen LogP contribution is 2.27. The molecule has 2 N–H and O–H groups in total. The van der Waals surface area contributed by atoms with Crippen molar-refractivity contribution in [1.29, 1.82) is 0 Å². The molecule has 0 bridgehead atoms. The number of hydrogen-bond donors (Lipinski definition) is 2. The van der Waals surface area contributed by atoms with Crippen LogP contribution in [-0.2, 0) is 4.79 Å². The van der Waals surface area contributed by atoms with Gasteiger partial charge in [0.1, 0.15) is 0 Å². The Balaban J connectivity index is 0.00000162. The summed E-state index contributed by atoms with van der Waals surface area (Å²) in [5.41, 5.74) is -0.169. The van der Waals surface area contributed by atoms with Crippen molar-refractivity contribution in [2.24, 2.45) is 11.3 Å². The van der Waals surface area contributed by atoms with Crippen LogP contribution in [0.3, 0.4) is 0 Å². The van der Waals surface area contributed by atoms with E-state index in [0.29, 0.717) is 6.04 Å². The van der Waals surface area contributed by atoms with Gasteiger partial charge in [-0.05, 0) is 45.1 Å². The SMILES string of the molecule is CC1CCCC(NC(=O)C2(C)CCNC2)CC1.Cl. The monoisotopic (exact) mass is 274 g/mol. The highest BCUT2D eigenvalue weighted by atomic mass is 35.5. The van der Waals surface area contributed by atoms with Crippen molar-refractivity contribution in [3.05, 3.63) is 0 Å². The van der Waals surface area contributed by atoms with E-state index >= 15 is 0 Å². The molecule has 1 aliphatic carbocycles. The van der Waals surface area contributed by atoms with Gasteiger partial charge in [0.15, 0.2) is 0 Å². The van der Waals surface area contributed by atoms with E-state index in [2.05, 4.69) is 24.5 Å². The number of rotatable bonds is 2. The van der Waals surface area contributed by atoms with E-state index in [1.165, 1.54) is 25.7 Å². The van der Waals surface area contributed by atoms with Crippen LogP contribution in [-0.4, -0.2) is 25.0 Å². The maximum atomic E-state index is 12.3. The molecule has 0 aromatic heterocycles. The van der Waals surface area contributed by atoms with Crippen LogP contribution >= 0.6 is 12.4 Å². The maximum absolute atomic E-state index is 12.3. The van der Waals surface area contributed by atoms with Crippen molar-refractivity contribution < 1.29 is 4.79 Å². The van der Waals surface area contributed by atoms with Crippen molar-refractivity contribution in [3.63, 3.8) is 0 Å². The molecule has 106 valence electrons. The highest BCUT2D eigenvalue weighted by Gasteiger charge is 2.37. The summed E-state index contributed by atoms with van der Waals surface area (Å²) >= 11 is 0. The van der Waals surface area contributed by atoms with Crippen molar-refractivity contribution in [3.8, 4) is 0 Å². The molecule has 3 nitrogen and oxygen atoms in total. The maximum Gasteiger partial charge on any atom is 0.227 e. The van der Waals surface area contributed by atoms with Crippen LogP contribution in [0.4, 0.5) is 0 Å². The minimum atomic E-state index is -0.169. The topological polar surface area (TPSA) is 41.1 Å². The van der Waals surface area contributed by atoms with Crippen LogP contribution in [0.1, 0.15) is 52.4 Å². The second kappa shape index (κ2) is 6.76. The predicted octanol–water partition coefficient (Wildman–Crippen LogP) is 2.49. The molecule has 18 heavy (non-hydrogen) atoms. The predicted molar refractivity (Wildman–Crippen MR) is 77.0 cm³/mol. The third-order valence-corrected chi connectivity index (χ3v) is 4.51. The van der Waals surface area contributed by atoms with Gasteiger partial charge in [0, 0.05) is 12.6 Å². The summed E-state index contributed by atoms with van der Waals surface area (Å²) in [7, 11) is 0. The fourth-order valence-electron chi connectivity index (χ4n) is 3.00. The zero-order valence-corrected chi connectivity index (χ0v) is 12.4. The molecule has 1 amide bonds. The molecule has 1 saturated carbocycles. The van der Waals surface area contributed by atoms with Gasteiger partial charge in [0.25, 0.3) is 0 Å². The minimum Gasteiger partial charge on any atom is -0.353 e. The van der Waals surface area contributed by atoms with E-state index < -0.39 is 0 Å². The van der Waals surface area contributed by atoms with Crippen LogP contribution in [0, 0.1) is 11.3 Å². The van der Waals surface area contributed by atoms with Gasteiger partial charge >= 0.3 is 0 Å². The van der Waals surface area contributed by atoms with Crippen LogP contribution in [0.5, 0.6) is 0 Å². The molecule has 0 aromatic rings. The average Bonchev–Trinajstić information content (AvgIpc) is 2.64.